The zero-order chi connectivity index (χ0) is 28.0. The first-order chi connectivity index (χ1) is 18.6. The molecule has 0 atom stereocenters. The van der Waals surface area contributed by atoms with Gasteiger partial charge in [0.15, 0.2) is 5.78 Å². The maximum Gasteiger partial charge on any atom is 0.245 e. The van der Waals surface area contributed by atoms with Crippen molar-refractivity contribution in [2.24, 2.45) is 0 Å². The van der Waals surface area contributed by atoms with Gasteiger partial charge in [-0.05, 0) is 48.4 Å². The van der Waals surface area contributed by atoms with Crippen LogP contribution in [0.15, 0.2) is 102 Å². The topological polar surface area (TPSA) is 83.6 Å². The molecule has 6 nitrogen and oxygen atoms in total. The molecular formula is C29H23Cl3N2O4S. The molecule has 39 heavy (non-hydrogen) atoms. The third-order valence-electron chi connectivity index (χ3n) is 5.86. The summed E-state index contributed by atoms with van der Waals surface area (Å²) in [4.78, 5) is 26.2. The van der Waals surface area contributed by atoms with Crippen LogP contribution in [0.5, 0.6) is 0 Å². The van der Waals surface area contributed by atoms with E-state index in [9.17, 15) is 18.0 Å². The van der Waals surface area contributed by atoms with E-state index in [-0.39, 0.29) is 38.5 Å². The largest absolute Gasteiger partial charge is 0.324 e. The zero-order valence-electron chi connectivity index (χ0n) is 20.5. The fourth-order valence-electron chi connectivity index (χ4n) is 3.90. The molecular weight excluding hydrogens is 579 g/mol. The average Bonchev–Trinajstić information content (AvgIpc) is 2.93. The Morgan fingerprint density at radius 3 is 2.08 bits per heavy atom. The maximum atomic E-state index is 13.7. The van der Waals surface area contributed by atoms with E-state index in [1.165, 1.54) is 36.4 Å². The molecule has 4 aromatic rings. The molecule has 0 aliphatic rings. The zero-order valence-corrected chi connectivity index (χ0v) is 23.6. The number of anilines is 1. The van der Waals surface area contributed by atoms with Crippen LogP contribution >= 0.6 is 34.8 Å². The van der Waals surface area contributed by atoms with E-state index in [4.69, 9.17) is 34.8 Å². The highest BCUT2D eigenvalue weighted by Crippen LogP contribution is 2.28. The van der Waals surface area contributed by atoms with Gasteiger partial charge in [0.05, 0.1) is 17.3 Å². The number of halogens is 3. The van der Waals surface area contributed by atoms with Gasteiger partial charge < -0.3 is 5.32 Å². The minimum Gasteiger partial charge on any atom is -0.324 e. The van der Waals surface area contributed by atoms with E-state index in [1.807, 2.05) is 30.3 Å². The van der Waals surface area contributed by atoms with Crippen molar-refractivity contribution in [3.8, 4) is 0 Å². The molecule has 1 amide bonds. The monoisotopic (exact) mass is 600 g/mol. The van der Waals surface area contributed by atoms with Gasteiger partial charge in [-0.15, -0.1) is 0 Å². The van der Waals surface area contributed by atoms with Crippen LogP contribution in [-0.4, -0.2) is 37.5 Å². The number of amides is 1. The summed E-state index contributed by atoms with van der Waals surface area (Å²) in [5, 5.41) is 3.17. The molecule has 4 aromatic carbocycles. The molecule has 0 heterocycles. The number of carbonyl (C=O) groups excluding carboxylic acids is 2. The molecule has 0 saturated heterocycles. The second kappa shape index (κ2) is 12.8. The lowest BCUT2D eigenvalue weighted by atomic mass is 10.0. The van der Waals surface area contributed by atoms with Crippen LogP contribution in [0.4, 0.5) is 5.69 Å². The molecule has 0 fully saturated rings. The Labute approximate surface area is 242 Å². The lowest BCUT2D eigenvalue weighted by Crippen LogP contribution is -2.39. The normalized spacial score (nSPS) is 11.4. The lowest BCUT2D eigenvalue weighted by molar-refractivity contribution is -0.116. The van der Waals surface area contributed by atoms with Gasteiger partial charge in [0, 0.05) is 27.7 Å². The van der Waals surface area contributed by atoms with Crippen LogP contribution in [-0.2, 0) is 21.2 Å². The van der Waals surface area contributed by atoms with Crippen LogP contribution in [0.2, 0.25) is 15.1 Å². The van der Waals surface area contributed by atoms with Crippen LogP contribution in [0.25, 0.3) is 0 Å². The summed E-state index contributed by atoms with van der Waals surface area (Å²) in [7, 11) is -4.22. The van der Waals surface area contributed by atoms with Crippen molar-refractivity contribution in [1.82, 2.24) is 4.31 Å². The Morgan fingerprint density at radius 2 is 1.38 bits per heavy atom. The van der Waals surface area contributed by atoms with E-state index in [0.717, 1.165) is 9.87 Å². The predicted molar refractivity (Wildman–Crippen MR) is 155 cm³/mol. The fourth-order valence-corrected chi connectivity index (χ4v) is 6.21. The Balaban J connectivity index is 1.62. The molecule has 0 spiro atoms. The van der Waals surface area contributed by atoms with Gasteiger partial charge in [0.2, 0.25) is 15.9 Å². The van der Waals surface area contributed by atoms with Gasteiger partial charge >= 0.3 is 0 Å². The summed E-state index contributed by atoms with van der Waals surface area (Å²) in [5.41, 5.74) is 1.69. The first kappa shape index (κ1) is 28.8. The van der Waals surface area contributed by atoms with Crippen molar-refractivity contribution in [3.63, 3.8) is 0 Å². The van der Waals surface area contributed by atoms with Gasteiger partial charge in [0.1, 0.15) is 4.90 Å². The molecule has 0 unspecified atom stereocenters. The van der Waals surface area contributed by atoms with Gasteiger partial charge in [0.25, 0.3) is 0 Å². The minimum atomic E-state index is -4.22. The third kappa shape index (κ3) is 7.26. The highest BCUT2D eigenvalue weighted by Gasteiger charge is 2.29. The predicted octanol–water partition coefficient (Wildman–Crippen LogP) is 6.75. The smallest absolute Gasteiger partial charge is 0.245 e. The number of hydrogen-bond acceptors (Lipinski definition) is 4. The summed E-state index contributed by atoms with van der Waals surface area (Å²) in [6, 6.07) is 26.5. The Morgan fingerprint density at radius 1 is 0.769 bits per heavy atom. The number of hydrogen-bond donors (Lipinski definition) is 1. The first-order valence-corrected chi connectivity index (χ1v) is 14.4. The number of nitrogens with zero attached hydrogens (tertiary/aromatic N) is 1. The first-order valence-electron chi connectivity index (χ1n) is 11.8. The van der Waals surface area contributed by atoms with Gasteiger partial charge in [-0.1, -0.05) is 95.5 Å². The van der Waals surface area contributed by atoms with Crippen LogP contribution < -0.4 is 5.32 Å². The molecule has 0 aliphatic heterocycles. The van der Waals surface area contributed by atoms with E-state index in [1.54, 1.807) is 30.3 Å². The standard InChI is InChI=1S/C29H23Cl3N2O4S/c30-22-12-14-26(24(17-22)29(36)21-9-5-2-6-10-21)33-28(35)19-34(16-15-20-7-3-1-4-8-20)39(37,38)27-18-23(31)11-13-25(27)32/h1-14,17-18H,15-16,19H2,(H,33,35). The van der Waals surface area contributed by atoms with Crippen molar-refractivity contribution >= 4 is 62.2 Å². The van der Waals surface area contributed by atoms with Gasteiger partial charge in [-0.3, -0.25) is 9.59 Å². The van der Waals surface area contributed by atoms with Crippen LogP contribution in [0, 0.1) is 0 Å². The summed E-state index contributed by atoms with van der Waals surface area (Å²) in [6.07, 6.45) is 0.351. The van der Waals surface area contributed by atoms with Gasteiger partial charge in [-0.25, -0.2) is 8.42 Å². The van der Waals surface area contributed by atoms with Crippen molar-refractivity contribution < 1.29 is 18.0 Å². The Kier molecular flexibility index (Phi) is 9.43. The minimum absolute atomic E-state index is 0.000963. The van der Waals surface area contributed by atoms with Crippen molar-refractivity contribution in [1.29, 1.82) is 0 Å². The maximum absolute atomic E-state index is 13.7. The lowest BCUT2D eigenvalue weighted by Gasteiger charge is -2.23. The molecule has 0 aliphatic carbocycles. The van der Waals surface area contributed by atoms with Crippen molar-refractivity contribution in [2.75, 3.05) is 18.4 Å². The summed E-state index contributed by atoms with van der Waals surface area (Å²) in [5.74, 6) is -0.984. The number of sulfonamides is 1. The Bertz CT molecular complexity index is 1600. The molecule has 0 radical (unpaired) electrons. The number of carbonyl (C=O) groups is 2. The molecule has 200 valence electrons. The van der Waals surface area contributed by atoms with Crippen molar-refractivity contribution in [3.05, 3.63) is 129 Å². The molecule has 0 bridgehead atoms. The number of nitrogens with one attached hydrogen (secondary N) is 1. The summed E-state index contributed by atoms with van der Waals surface area (Å²) >= 11 is 18.4. The SMILES string of the molecule is O=C(CN(CCc1ccccc1)S(=O)(=O)c1cc(Cl)ccc1Cl)Nc1ccc(Cl)cc1C(=O)c1ccccc1. The number of benzene rings is 4. The highest BCUT2D eigenvalue weighted by atomic mass is 35.5. The number of rotatable bonds is 10. The third-order valence-corrected chi connectivity index (χ3v) is 8.66. The fraction of sp³-hybridized carbons (Fsp3) is 0.103. The number of ketones is 1. The average molecular weight is 602 g/mol. The molecule has 0 saturated carbocycles. The van der Waals surface area contributed by atoms with Crippen molar-refractivity contribution in [2.45, 2.75) is 11.3 Å². The van der Waals surface area contributed by atoms with E-state index in [0.29, 0.717) is 17.0 Å². The van der Waals surface area contributed by atoms with Crippen LogP contribution in [0.1, 0.15) is 21.5 Å². The quantitative estimate of drug-likeness (QED) is 0.204. The van der Waals surface area contributed by atoms with Crippen LogP contribution in [0.3, 0.4) is 0 Å². The molecule has 0 aromatic heterocycles. The molecule has 10 heteroatoms. The second-order valence-electron chi connectivity index (χ2n) is 8.58. The van der Waals surface area contributed by atoms with E-state index >= 15 is 0 Å². The summed E-state index contributed by atoms with van der Waals surface area (Å²) < 4.78 is 28.3. The molecule has 4 rings (SSSR count). The highest BCUT2D eigenvalue weighted by molar-refractivity contribution is 7.89. The second-order valence-corrected chi connectivity index (χ2v) is 11.8. The van der Waals surface area contributed by atoms with Gasteiger partial charge in [-0.2, -0.15) is 4.31 Å². The summed E-state index contributed by atoms with van der Waals surface area (Å²) in [6.45, 7) is -0.529. The molecule has 1 N–H and O–H groups in total. The Hall–Kier alpha value is -3.20. The van der Waals surface area contributed by atoms with E-state index < -0.39 is 22.5 Å². The van der Waals surface area contributed by atoms with E-state index in [2.05, 4.69) is 5.32 Å².